The van der Waals surface area contributed by atoms with Crippen LogP contribution in [-0.4, -0.2) is 34.7 Å². The number of hydrogen-bond donors (Lipinski definition) is 0. The van der Waals surface area contributed by atoms with Gasteiger partial charge in [0.1, 0.15) is 17.5 Å². The van der Waals surface area contributed by atoms with Crippen LogP contribution in [0.5, 0.6) is 11.5 Å². The van der Waals surface area contributed by atoms with Gasteiger partial charge in [0.2, 0.25) is 0 Å². The first-order valence-corrected chi connectivity index (χ1v) is 8.95. The largest absolute Gasteiger partial charge is 0.453 e. The number of ether oxygens (including phenoxy) is 1. The molecule has 0 N–H and O–H groups in total. The molecule has 0 atom stereocenters. The normalized spacial score (nSPS) is 10.4. The van der Waals surface area contributed by atoms with Gasteiger partial charge in [-0.05, 0) is 56.3 Å². The maximum absolute atomic E-state index is 12.0. The first-order valence-electron chi connectivity index (χ1n) is 8.57. The van der Waals surface area contributed by atoms with E-state index in [0.717, 1.165) is 11.4 Å². The van der Waals surface area contributed by atoms with Crippen LogP contribution in [0.2, 0.25) is 5.02 Å². The molecule has 142 valence electrons. The van der Waals surface area contributed by atoms with E-state index in [1.54, 1.807) is 61.2 Å². The minimum Gasteiger partial charge on any atom is -0.453 e. The van der Waals surface area contributed by atoms with Gasteiger partial charge in [-0.2, -0.15) is 10.4 Å². The van der Waals surface area contributed by atoms with E-state index >= 15 is 0 Å². The van der Waals surface area contributed by atoms with Gasteiger partial charge in [-0.25, -0.2) is 4.68 Å². The van der Waals surface area contributed by atoms with Crippen LogP contribution in [0.1, 0.15) is 27.3 Å². The Morgan fingerprint density at radius 3 is 2.43 bits per heavy atom. The molecule has 0 aliphatic rings. The average molecular weight is 395 g/mol. The van der Waals surface area contributed by atoms with Gasteiger partial charge < -0.3 is 9.64 Å². The minimum absolute atomic E-state index is 0.0653. The van der Waals surface area contributed by atoms with Crippen molar-refractivity contribution in [2.24, 2.45) is 0 Å². The molecule has 0 radical (unpaired) electrons. The lowest BCUT2D eigenvalue weighted by atomic mass is 10.2. The molecule has 0 saturated heterocycles. The van der Waals surface area contributed by atoms with Gasteiger partial charge in [0.25, 0.3) is 5.91 Å². The Hall–Kier alpha value is -3.30. The van der Waals surface area contributed by atoms with Crippen LogP contribution in [0, 0.1) is 25.2 Å². The van der Waals surface area contributed by atoms with Crippen molar-refractivity contribution in [2.45, 2.75) is 13.8 Å². The van der Waals surface area contributed by atoms with Crippen LogP contribution in [0.25, 0.3) is 5.69 Å². The average Bonchev–Trinajstić information content (AvgIpc) is 2.96. The number of carbonyl (C=O) groups excluding carboxylic acids is 1. The Morgan fingerprint density at radius 2 is 1.86 bits per heavy atom. The van der Waals surface area contributed by atoms with Gasteiger partial charge in [0, 0.05) is 19.7 Å². The second kappa shape index (κ2) is 7.75. The lowest BCUT2D eigenvalue weighted by Crippen LogP contribution is -2.21. The van der Waals surface area contributed by atoms with Crippen molar-refractivity contribution >= 4 is 17.5 Å². The molecule has 1 amide bonds. The number of aryl methyl sites for hydroxylation is 1. The second-order valence-corrected chi connectivity index (χ2v) is 6.92. The van der Waals surface area contributed by atoms with Gasteiger partial charge in [-0.15, -0.1) is 0 Å². The molecule has 1 aromatic heterocycles. The minimum atomic E-state index is -0.0653. The van der Waals surface area contributed by atoms with Crippen molar-refractivity contribution in [3.8, 4) is 23.3 Å². The van der Waals surface area contributed by atoms with Gasteiger partial charge in [-0.3, -0.25) is 4.79 Å². The van der Waals surface area contributed by atoms with Crippen LogP contribution in [0.15, 0.2) is 42.5 Å². The molecule has 6 nitrogen and oxygen atoms in total. The Labute approximate surface area is 168 Å². The summed E-state index contributed by atoms with van der Waals surface area (Å²) >= 11 is 6.14. The van der Waals surface area contributed by atoms with Crippen LogP contribution in [-0.2, 0) is 0 Å². The quantitative estimate of drug-likeness (QED) is 0.652. The van der Waals surface area contributed by atoms with E-state index < -0.39 is 0 Å². The molecule has 0 fully saturated rings. The fraction of sp³-hybridized carbons (Fsp3) is 0.190. The molecule has 0 unspecified atom stereocenters. The summed E-state index contributed by atoms with van der Waals surface area (Å²) < 4.78 is 7.74. The van der Waals surface area contributed by atoms with Crippen LogP contribution < -0.4 is 4.74 Å². The Kier molecular flexibility index (Phi) is 5.39. The maximum atomic E-state index is 12.0. The topological polar surface area (TPSA) is 71.1 Å². The maximum Gasteiger partial charge on any atom is 0.253 e. The SMILES string of the molecule is Cc1nn(-c2ccc(C#N)c(Cl)c2)c(C)c1Oc1ccc(C(=O)N(C)C)cc1. The Balaban J connectivity index is 1.89. The molecule has 3 aromatic rings. The van der Waals surface area contributed by atoms with E-state index in [0.29, 0.717) is 33.3 Å². The number of nitrogens with zero attached hydrogens (tertiary/aromatic N) is 4. The molecule has 7 heteroatoms. The first-order chi connectivity index (χ1) is 13.3. The van der Waals surface area contributed by atoms with Crippen molar-refractivity contribution in [3.05, 3.63) is 70.0 Å². The Morgan fingerprint density at radius 1 is 1.18 bits per heavy atom. The summed E-state index contributed by atoms with van der Waals surface area (Å²) in [5.41, 5.74) is 3.26. The molecular weight excluding hydrogens is 376 g/mol. The smallest absolute Gasteiger partial charge is 0.253 e. The highest BCUT2D eigenvalue weighted by molar-refractivity contribution is 6.31. The monoisotopic (exact) mass is 394 g/mol. The fourth-order valence-corrected chi connectivity index (χ4v) is 3.01. The lowest BCUT2D eigenvalue weighted by Gasteiger charge is -2.11. The standard InChI is InChI=1S/C21H19ClN4O2/c1-13-20(28-18-9-6-15(7-10-18)21(27)25(3)4)14(2)26(24-13)17-8-5-16(12-23)19(22)11-17/h5-11H,1-4H3. The number of aromatic nitrogens is 2. The predicted molar refractivity (Wildman–Crippen MR) is 107 cm³/mol. The number of amides is 1. The second-order valence-electron chi connectivity index (χ2n) is 6.51. The predicted octanol–water partition coefficient (Wildman–Crippen LogP) is 4.51. The third-order valence-electron chi connectivity index (χ3n) is 4.27. The van der Waals surface area contributed by atoms with E-state index in [9.17, 15) is 4.79 Å². The third-order valence-corrected chi connectivity index (χ3v) is 4.58. The van der Waals surface area contributed by atoms with Crippen molar-refractivity contribution in [1.82, 2.24) is 14.7 Å². The number of rotatable bonds is 4. The van der Waals surface area contributed by atoms with Crippen molar-refractivity contribution in [3.63, 3.8) is 0 Å². The summed E-state index contributed by atoms with van der Waals surface area (Å²) in [6.07, 6.45) is 0. The van der Waals surface area contributed by atoms with E-state index in [2.05, 4.69) is 5.10 Å². The molecule has 0 aliphatic heterocycles. The number of halogens is 1. The van der Waals surface area contributed by atoms with Crippen molar-refractivity contribution < 1.29 is 9.53 Å². The van der Waals surface area contributed by atoms with Gasteiger partial charge >= 0.3 is 0 Å². The first kappa shape index (κ1) is 19.5. The molecule has 0 bridgehead atoms. The zero-order chi connectivity index (χ0) is 20.4. The summed E-state index contributed by atoms with van der Waals surface area (Å²) in [5.74, 6) is 1.18. The fourth-order valence-electron chi connectivity index (χ4n) is 2.80. The van der Waals surface area contributed by atoms with Gasteiger partial charge in [-0.1, -0.05) is 11.6 Å². The molecule has 3 rings (SSSR count). The van der Waals surface area contributed by atoms with Gasteiger partial charge in [0.05, 0.1) is 22.0 Å². The van der Waals surface area contributed by atoms with E-state index in [1.165, 1.54) is 4.90 Å². The summed E-state index contributed by atoms with van der Waals surface area (Å²) in [6, 6.07) is 14.2. The highest BCUT2D eigenvalue weighted by Gasteiger charge is 2.16. The van der Waals surface area contributed by atoms with Crippen molar-refractivity contribution in [2.75, 3.05) is 14.1 Å². The zero-order valence-electron chi connectivity index (χ0n) is 16.0. The highest BCUT2D eigenvalue weighted by Crippen LogP contribution is 2.31. The molecular formula is C21H19ClN4O2. The summed E-state index contributed by atoms with van der Waals surface area (Å²) in [4.78, 5) is 13.5. The summed E-state index contributed by atoms with van der Waals surface area (Å²) in [5, 5.41) is 13.9. The van der Waals surface area contributed by atoms with Crippen LogP contribution >= 0.6 is 11.6 Å². The number of carbonyl (C=O) groups is 1. The zero-order valence-corrected chi connectivity index (χ0v) is 16.8. The van der Waals surface area contributed by atoms with Crippen LogP contribution in [0.3, 0.4) is 0 Å². The van der Waals surface area contributed by atoms with Gasteiger partial charge in [0.15, 0.2) is 5.75 Å². The number of nitriles is 1. The third kappa shape index (κ3) is 3.71. The Bertz CT molecular complexity index is 1080. The molecule has 28 heavy (non-hydrogen) atoms. The molecule has 2 aromatic carbocycles. The highest BCUT2D eigenvalue weighted by atomic mass is 35.5. The lowest BCUT2D eigenvalue weighted by molar-refractivity contribution is 0.0827. The molecule has 0 saturated carbocycles. The molecule has 1 heterocycles. The van der Waals surface area contributed by atoms with Crippen molar-refractivity contribution in [1.29, 1.82) is 5.26 Å². The molecule has 0 spiro atoms. The van der Waals surface area contributed by atoms with E-state index in [-0.39, 0.29) is 5.91 Å². The number of hydrogen-bond acceptors (Lipinski definition) is 4. The molecule has 0 aliphatic carbocycles. The van der Waals surface area contributed by atoms with Crippen LogP contribution in [0.4, 0.5) is 0 Å². The van der Waals surface area contributed by atoms with E-state index in [1.807, 2.05) is 19.9 Å². The summed E-state index contributed by atoms with van der Waals surface area (Å²) in [7, 11) is 3.42. The summed E-state index contributed by atoms with van der Waals surface area (Å²) in [6.45, 7) is 3.75. The van der Waals surface area contributed by atoms with E-state index in [4.69, 9.17) is 21.6 Å². The number of benzene rings is 2.